The second-order valence-electron chi connectivity index (χ2n) is 7.96. The molecule has 0 saturated heterocycles. The molecule has 4 aromatic rings. The van der Waals surface area contributed by atoms with Gasteiger partial charge in [0.2, 0.25) is 0 Å². The van der Waals surface area contributed by atoms with Gasteiger partial charge in [0.25, 0.3) is 0 Å². The third kappa shape index (κ3) is 3.49. The number of allylic oxidation sites excluding steroid dienone is 1. The molecule has 4 rings (SSSR count). The van der Waals surface area contributed by atoms with E-state index in [4.69, 9.17) is 0 Å². The SMILES string of the molecule is C=C(C)c1c(C(F)(F)F)ccc2c1c(=CC)c1ccc(C(F)(F)F)c3c(C(F)(F)F)ccc2c31. The number of alkyl halides is 9. The fourth-order valence-corrected chi connectivity index (χ4v) is 4.64. The first kappa shape index (κ1) is 23.9. The third-order valence-electron chi connectivity index (χ3n) is 5.85. The zero-order chi connectivity index (χ0) is 25.4. The van der Waals surface area contributed by atoms with Gasteiger partial charge >= 0.3 is 18.5 Å². The first-order valence-electron chi connectivity index (χ1n) is 9.90. The van der Waals surface area contributed by atoms with E-state index in [0.29, 0.717) is 12.1 Å². The Morgan fingerprint density at radius 3 is 1.44 bits per heavy atom. The molecule has 0 saturated carbocycles. The molecule has 0 amide bonds. The van der Waals surface area contributed by atoms with E-state index in [1.165, 1.54) is 19.9 Å². The quantitative estimate of drug-likeness (QED) is 0.143. The summed E-state index contributed by atoms with van der Waals surface area (Å²) >= 11 is 0. The Labute approximate surface area is 186 Å². The molecule has 4 aromatic carbocycles. The molecular formula is C25H15F9. The fourth-order valence-electron chi connectivity index (χ4n) is 4.64. The minimum absolute atomic E-state index is 0.0130. The van der Waals surface area contributed by atoms with Crippen LogP contribution in [0.15, 0.2) is 43.0 Å². The number of halogens is 9. The zero-order valence-electron chi connectivity index (χ0n) is 17.7. The molecule has 0 nitrogen and oxygen atoms in total. The highest BCUT2D eigenvalue weighted by Gasteiger charge is 2.40. The molecule has 0 aliphatic heterocycles. The minimum atomic E-state index is -5.09. The molecule has 0 bridgehead atoms. The molecule has 0 unspecified atom stereocenters. The van der Waals surface area contributed by atoms with Gasteiger partial charge in [-0.2, -0.15) is 39.5 Å². The standard InChI is InChI=1S/C25H15F9/c1-4-12-13-5-9-17(24(29,30)31)22-18(25(32,33)34)10-7-15(21(13)22)14-6-8-16(23(26,27)28)19(11(2)3)20(12)14/h4-10H,2H2,1,3H3. The summed E-state index contributed by atoms with van der Waals surface area (Å²) in [4.78, 5) is 0. The smallest absolute Gasteiger partial charge is 0.166 e. The predicted molar refractivity (Wildman–Crippen MR) is 114 cm³/mol. The zero-order valence-corrected chi connectivity index (χ0v) is 17.7. The molecule has 0 N–H and O–H groups in total. The number of hydrogen-bond donors (Lipinski definition) is 0. The summed E-state index contributed by atoms with van der Waals surface area (Å²) in [6.45, 7) is 6.48. The Hall–Kier alpha value is -3.23. The monoisotopic (exact) mass is 486 g/mol. The van der Waals surface area contributed by atoms with Crippen LogP contribution in [0.4, 0.5) is 39.5 Å². The largest absolute Gasteiger partial charge is 0.417 e. The van der Waals surface area contributed by atoms with Gasteiger partial charge in [-0.25, -0.2) is 0 Å². The van der Waals surface area contributed by atoms with E-state index in [-0.39, 0.29) is 43.3 Å². The van der Waals surface area contributed by atoms with Gasteiger partial charge < -0.3 is 0 Å². The topological polar surface area (TPSA) is 0 Å². The number of benzene rings is 4. The van der Waals surface area contributed by atoms with E-state index in [0.717, 1.165) is 24.3 Å². The van der Waals surface area contributed by atoms with Crippen molar-refractivity contribution in [1.82, 2.24) is 0 Å². The Morgan fingerprint density at radius 1 is 0.618 bits per heavy atom. The average molecular weight is 486 g/mol. The molecule has 0 fully saturated rings. The molecule has 34 heavy (non-hydrogen) atoms. The van der Waals surface area contributed by atoms with Crippen molar-refractivity contribution >= 4 is 44.0 Å². The lowest BCUT2D eigenvalue weighted by Gasteiger charge is -2.22. The normalized spacial score (nSPS) is 14.0. The number of fused-ring (bicyclic) bond motifs is 2. The van der Waals surface area contributed by atoms with Crippen LogP contribution in [0.3, 0.4) is 0 Å². The van der Waals surface area contributed by atoms with Crippen LogP contribution in [0.25, 0.3) is 44.0 Å². The second kappa shape index (κ2) is 7.38. The highest BCUT2D eigenvalue weighted by Crippen LogP contribution is 2.47. The van der Waals surface area contributed by atoms with Crippen molar-refractivity contribution in [2.45, 2.75) is 32.4 Å². The summed E-state index contributed by atoms with van der Waals surface area (Å²) in [5, 5.41) is -1.09. The van der Waals surface area contributed by atoms with E-state index in [9.17, 15) is 39.5 Å². The molecule has 0 spiro atoms. The highest BCUT2D eigenvalue weighted by atomic mass is 19.4. The van der Waals surface area contributed by atoms with E-state index in [2.05, 4.69) is 6.58 Å². The summed E-state index contributed by atoms with van der Waals surface area (Å²) in [6.07, 6.45) is -13.5. The van der Waals surface area contributed by atoms with Gasteiger partial charge in [-0.1, -0.05) is 30.9 Å². The maximum Gasteiger partial charge on any atom is 0.417 e. The van der Waals surface area contributed by atoms with Crippen molar-refractivity contribution in [2.24, 2.45) is 0 Å². The second-order valence-corrected chi connectivity index (χ2v) is 7.96. The van der Waals surface area contributed by atoms with Crippen molar-refractivity contribution in [2.75, 3.05) is 0 Å². The third-order valence-corrected chi connectivity index (χ3v) is 5.85. The summed E-state index contributed by atoms with van der Waals surface area (Å²) in [7, 11) is 0. The molecule has 0 aliphatic rings. The van der Waals surface area contributed by atoms with Crippen LogP contribution >= 0.6 is 0 Å². The van der Waals surface area contributed by atoms with E-state index >= 15 is 0 Å². The van der Waals surface area contributed by atoms with Gasteiger partial charge in [-0.3, -0.25) is 0 Å². The van der Waals surface area contributed by atoms with Gasteiger partial charge in [0.1, 0.15) is 0 Å². The molecular weight excluding hydrogens is 471 g/mol. The van der Waals surface area contributed by atoms with E-state index in [1.54, 1.807) is 0 Å². The van der Waals surface area contributed by atoms with E-state index in [1.807, 2.05) is 0 Å². The van der Waals surface area contributed by atoms with Crippen molar-refractivity contribution in [1.29, 1.82) is 0 Å². The van der Waals surface area contributed by atoms with Crippen molar-refractivity contribution in [3.63, 3.8) is 0 Å². The lowest BCUT2D eigenvalue weighted by Crippen LogP contribution is -2.16. The fraction of sp³-hybridized carbons (Fsp3) is 0.200. The van der Waals surface area contributed by atoms with Crippen molar-refractivity contribution < 1.29 is 39.5 Å². The van der Waals surface area contributed by atoms with E-state index < -0.39 is 40.6 Å². The summed E-state index contributed by atoms with van der Waals surface area (Å²) < 4.78 is 124. The minimum Gasteiger partial charge on any atom is -0.166 e. The van der Waals surface area contributed by atoms with Gasteiger partial charge in [0.15, 0.2) is 0 Å². The Morgan fingerprint density at radius 2 is 1.03 bits per heavy atom. The molecule has 0 radical (unpaired) electrons. The summed E-state index contributed by atoms with van der Waals surface area (Å²) in [6, 6.07) is 4.96. The van der Waals surface area contributed by atoms with Crippen LogP contribution in [-0.4, -0.2) is 0 Å². The lowest BCUT2D eigenvalue weighted by atomic mass is 9.84. The Balaban J connectivity index is 2.42. The highest BCUT2D eigenvalue weighted by molar-refractivity contribution is 6.24. The lowest BCUT2D eigenvalue weighted by molar-refractivity contribution is -0.140. The Bertz CT molecular complexity index is 1510. The molecule has 0 aromatic heterocycles. The van der Waals surface area contributed by atoms with Gasteiger partial charge in [-0.05, 0) is 75.3 Å². The first-order valence-corrected chi connectivity index (χ1v) is 9.90. The number of hydrogen-bond acceptors (Lipinski definition) is 0. The predicted octanol–water partition coefficient (Wildman–Crippen LogP) is 8.75. The molecule has 0 aliphatic carbocycles. The van der Waals surface area contributed by atoms with Crippen LogP contribution in [0.2, 0.25) is 0 Å². The maximum absolute atomic E-state index is 13.8. The van der Waals surface area contributed by atoms with Crippen LogP contribution in [0.1, 0.15) is 36.1 Å². The summed E-state index contributed by atoms with van der Waals surface area (Å²) in [5.41, 5.74) is -4.12. The molecule has 0 heterocycles. The van der Waals surface area contributed by atoms with Crippen molar-refractivity contribution in [3.05, 3.63) is 70.4 Å². The Kier molecular flexibility index (Phi) is 5.19. The van der Waals surface area contributed by atoms with Crippen LogP contribution in [0, 0.1) is 0 Å². The molecule has 0 atom stereocenters. The molecule has 178 valence electrons. The van der Waals surface area contributed by atoms with Crippen LogP contribution < -0.4 is 5.22 Å². The average Bonchev–Trinajstić information content (AvgIpc) is 2.70. The van der Waals surface area contributed by atoms with Gasteiger partial charge in [0, 0.05) is 5.39 Å². The number of rotatable bonds is 1. The first-order chi connectivity index (χ1) is 15.6. The van der Waals surface area contributed by atoms with Gasteiger partial charge in [0.05, 0.1) is 16.7 Å². The van der Waals surface area contributed by atoms with Crippen LogP contribution in [-0.2, 0) is 18.5 Å². The van der Waals surface area contributed by atoms with Gasteiger partial charge in [-0.15, -0.1) is 0 Å². The summed E-state index contributed by atoms with van der Waals surface area (Å²) in [5.74, 6) is 0. The molecule has 9 heteroatoms. The van der Waals surface area contributed by atoms with Crippen LogP contribution in [0.5, 0.6) is 0 Å². The van der Waals surface area contributed by atoms with Crippen molar-refractivity contribution in [3.8, 4) is 0 Å². The maximum atomic E-state index is 13.8.